The number of pyridine rings is 3. The van der Waals surface area contributed by atoms with Gasteiger partial charge in [0.1, 0.15) is 0 Å². The van der Waals surface area contributed by atoms with Gasteiger partial charge in [0.25, 0.3) is 0 Å². The third kappa shape index (κ3) is 2.53. The lowest BCUT2D eigenvalue weighted by Gasteiger charge is -2.10. The van der Waals surface area contributed by atoms with Crippen molar-refractivity contribution in [1.29, 1.82) is 0 Å². The first kappa shape index (κ1) is 12.8. The molecule has 0 atom stereocenters. The normalized spacial score (nSPS) is 10.4. The highest BCUT2D eigenvalue weighted by Crippen LogP contribution is 2.30. The summed E-state index contributed by atoms with van der Waals surface area (Å²) in [6.45, 7) is 0. The Morgan fingerprint density at radius 1 is 0.900 bits per heavy atom. The summed E-state index contributed by atoms with van der Waals surface area (Å²) in [5.74, 6) is 0.438. The summed E-state index contributed by atoms with van der Waals surface area (Å²) in [6.07, 6.45) is 8.94. The topological polar surface area (TPSA) is 38.7 Å². The van der Waals surface area contributed by atoms with Crippen LogP contribution in [0, 0.1) is 0 Å². The van der Waals surface area contributed by atoms with Crippen LogP contribution in [0.15, 0.2) is 61.3 Å². The smallest absolute Gasteiger partial charge is 0.0796 e. The van der Waals surface area contributed by atoms with Gasteiger partial charge in [-0.05, 0) is 29.8 Å². The fraction of sp³-hybridized carbons (Fsp3) is 0.0625. The summed E-state index contributed by atoms with van der Waals surface area (Å²) in [5.41, 5.74) is 4.89. The SMILES string of the molecule is ClCc1cnc(-c2cccnc2)c(-c2cccnc2)c1. The van der Waals surface area contributed by atoms with E-state index in [0.29, 0.717) is 5.88 Å². The van der Waals surface area contributed by atoms with E-state index in [1.165, 1.54) is 0 Å². The van der Waals surface area contributed by atoms with Crippen molar-refractivity contribution in [3.8, 4) is 22.4 Å². The van der Waals surface area contributed by atoms with Crippen LogP contribution in [0.5, 0.6) is 0 Å². The molecule has 3 aromatic rings. The van der Waals surface area contributed by atoms with E-state index in [1.54, 1.807) is 18.6 Å². The van der Waals surface area contributed by atoms with Crippen LogP contribution in [0.3, 0.4) is 0 Å². The van der Waals surface area contributed by atoms with Crippen molar-refractivity contribution in [3.63, 3.8) is 0 Å². The summed E-state index contributed by atoms with van der Waals surface area (Å²) < 4.78 is 0. The van der Waals surface area contributed by atoms with Crippen molar-refractivity contribution < 1.29 is 0 Å². The summed E-state index contributed by atoms with van der Waals surface area (Å²) in [5, 5.41) is 0. The van der Waals surface area contributed by atoms with Gasteiger partial charge in [-0.15, -0.1) is 11.6 Å². The van der Waals surface area contributed by atoms with Crippen molar-refractivity contribution in [2.24, 2.45) is 0 Å². The van der Waals surface area contributed by atoms with Crippen molar-refractivity contribution in [1.82, 2.24) is 15.0 Å². The highest BCUT2D eigenvalue weighted by atomic mass is 35.5. The van der Waals surface area contributed by atoms with Crippen LogP contribution < -0.4 is 0 Å². The summed E-state index contributed by atoms with van der Waals surface area (Å²) in [7, 11) is 0. The molecule has 3 nitrogen and oxygen atoms in total. The lowest BCUT2D eigenvalue weighted by molar-refractivity contribution is 1.23. The number of hydrogen-bond donors (Lipinski definition) is 0. The van der Waals surface area contributed by atoms with Crippen LogP contribution in [0.1, 0.15) is 5.56 Å². The molecule has 3 aromatic heterocycles. The maximum atomic E-state index is 5.92. The van der Waals surface area contributed by atoms with Crippen LogP contribution in [-0.4, -0.2) is 15.0 Å². The van der Waals surface area contributed by atoms with Gasteiger partial charge in [-0.2, -0.15) is 0 Å². The maximum absolute atomic E-state index is 5.92. The highest BCUT2D eigenvalue weighted by Gasteiger charge is 2.10. The number of aromatic nitrogens is 3. The predicted molar refractivity (Wildman–Crippen MR) is 80.3 cm³/mol. The first-order chi connectivity index (χ1) is 9.88. The van der Waals surface area contributed by atoms with E-state index in [1.807, 2.05) is 36.7 Å². The average Bonchev–Trinajstić information content (AvgIpc) is 2.56. The molecule has 20 heavy (non-hydrogen) atoms. The zero-order valence-corrected chi connectivity index (χ0v) is 11.5. The van der Waals surface area contributed by atoms with E-state index in [2.05, 4.69) is 21.0 Å². The van der Waals surface area contributed by atoms with Crippen molar-refractivity contribution >= 4 is 11.6 Å². The van der Waals surface area contributed by atoms with Crippen molar-refractivity contribution in [2.45, 2.75) is 5.88 Å². The second-order valence-electron chi connectivity index (χ2n) is 4.36. The Balaban J connectivity index is 2.20. The first-order valence-corrected chi connectivity index (χ1v) is 6.77. The molecule has 0 aliphatic heterocycles. The molecule has 0 bridgehead atoms. The Morgan fingerprint density at radius 2 is 1.60 bits per heavy atom. The van der Waals surface area contributed by atoms with Gasteiger partial charge in [-0.25, -0.2) is 0 Å². The monoisotopic (exact) mass is 281 g/mol. The third-order valence-electron chi connectivity index (χ3n) is 3.01. The highest BCUT2D eigenvalue weighted by molar-refractivity contribution is 6.17. The second-order valence-corrected chi connectivity index (χ2v) is 4.62. The minimum absolute atomic E-state index is 0.438. The molecule has 0 amide bonds. The Labute approximate surface area is 122 Å². The van der Waals surface area contributed by atoms with Gasteiger partial charge in [0.2, 0.25) is 0 Å². The molecule has 0 saturated heterocycles. The molecule has 0 saturated carbocycles. The van der Waals surface area contributed by atoms with E-state index in [0.717, 1.165) is 27.9 Å². The second kappa shape index (κ2) is 5.80. The number of halogens is 1. The molecule has 0 unspecified atom stereocenters. The van der Waals surface area contributed by atoms with Crippen LogP contribution >= 0.6 is 11.6 Å². The van der Waals surface area contributed by atoms with Gasteiger partial charge in [-0.1, -0.05) is 6.07 Å². The minimum Gasteiger partial charge on any atom is -0.264 e. The number of rotatable bonds is 3. The maximum Gasteiger partial charge on any atom is 0.0796 e. The fourth-order valence-corrected chi connectivity index (χ4v) is 2.20. The van der Waals surface area contributed by atoms with Crippen LogP contribution in [-0.2, 0) is 5.88 Å². The van der Waals surface area contributed by atoms with E-state index in [-0.39, 0.29) is 0 Å². The van der Waals surface area contributed by atoms with E-state index in [9.17, 15) is 0 Å². The molecule has 0 fully saturated rings. The number of alkyl halides is 1. The van der Waals surface area contributed by atoms with Crippen LogP contribution in [0.25, 0.3) is 22.4 Å². The Bertz CT molecular complexity index is 699. The van der Waals surface area contributed by atoms with Gasteiger partial charge in [-0.3, -0.25) is 15.0 Å². The van der Waals surface area contributed by atoms with Crippen LogP contribution in [0.2, 0.25) is 0 Å². The minimum atomic E-state index is 0.438. The Hall–Kier alpha value is -2.26. The Kier molecular flexibility index (Phi) is 3.70. The number of nitrogens with zero attached hydrogens (tertiary/aromatic N) is 3. The summed E-state index contributed by atoms with van der Waals surface area (Å²) in [6, 6.07) is 9.88. The zero-order valence-electron chi connectivity index (χ0n) is 10.7. The van der Waals surface area contributed by atoms with E-state index in [4.69, 9.17) is 11.6 Å². The molecule has 98 valence electrons. The van der Waals surface area contributed by atoms with E-state index >= 15 is 0 Å². The van der Waals surface area contributed by atoms with Crippen molar-refractivity contribution in [3.05, 3.63) is 66.9 Å². The van der Waals surface area contributed by atoms with Crippen LogP contribution in [0.4, 0.5) is 0 Å². The third-order valence-corrected chi connectivity index (χ3v) is 3.31. The molecule has 4 heteroatoms. The van der Waals surface area contributed by atoms with Crippen molar-refractivity contribution in [2.75, 3.05) is 0 Å². The molecule has 3 heterocycles. The van der Waals surface area contributed by atoms with Gasteiger partial charge in [0.15, 0.2) is 0 Å². The lowest BCUT2D eigenvalue weighted by atomic mass is 10.0. The zero-order chi connectivity index (χ0) is 13.8. The Morgan fingerprint density at radius 3 is 2.20 bits per heavy atom. The van der Waals surface area contributed by atoms with Gasteiger partial charge in [0, 0.05) is 53.6 Å². The molecular formula is C16H12ClN3. The predicted octanol–water partition coefficient (Wildman–Crippen LogP) is 3.94. The molecule has 3 rings (SSSR count). The largest absolute Gasteiger partial charge is 0.264 e. The first-order valence-electron chi connectivity index (χ1n) is 6.24. The summed E-state index contributed by atoms with van der Waals surface area (Å²) >= 11 is 5.92. The summed E-state index contributed by atoms with van der Waals surface area (Å²) in [4.78, 5) is 12.9. The van der Waals surface area contributed by atoms with Gasteiger partial charge < -0.3 is 0 Å². The molecular weight excluding hydrogens is 270 g/mol. The quantitative estimate of drug-likeness (QED) is 0.683. The van der Waals surface area contributed by atoms with Gasteiger partial charge >= 0.3 is 0 Å². The molecule has 0 spiro atoms. The standard InChI is InChI=1S/C16H12ClN3/c17-8-12-7-15(13-3-1-5-18-10-13)16(20-9-12)14-4-2-6-19-11-14/h1-7,9-11H,8H2. The fourth-order valence-electron chi connectivity index (χ4n) is 2.06. The molecule has 0 N–H and O–H groups in total. The van der Waals surface area contributed by atoms with Gasteiger partial charge in [0.05, 0.1) is 5.69 Å². The molecule has 0 aliphatic rings. The molecule has 0 aliphatic carbocycles. The average molecular weight is 282 g/mol. The van der Waals surface area contributed by atoms with E-state index < -0.39 is 0 Å². The number of hydrogen-bond acceptors (Lipinski definition) is 3. The molecule has 0 aromatic carbocycles. The lowest BCUT2D eigenvalue weighted by Crippen LogP contribution is -1.93. The molecule has 0 radical (unpaired) electrons.